The van der Waals surface area contributed by atoms with Crippen LogP contribution in [0.1, 0.15) is 33.6 Å². The number of hydrogen-bond acceptors (Lipinski definition) is 3. The zero-order valence-corrected chi connectivity index (χ0v) is 10.5. The summed E-state index contributed by atoms with van der Waals surface area (Å²) in [4.78, 5) is 11.2. The van der Waals surface area contributed by atoms with Gasteiger partial charge in [-0.15, -0.1) is 0 Å². The van der Waals surface area contributed by atoms with Crippen LogP contribution in [0.15, 0.2) is 12.2 Å². The zero-order valence-electron chi connectivity index (χ0n) is 10.5. The summed E-state index contributed by atoms with van der Waals surface area (Å²) in [5.41, 5.74) is 0.533. The Bertz CT molecular complexity index is 210. The monoisotopic (exact) mass is 229 g/mol. The standard InChI is InChI=1S/C12H23NO3/c1-5-15-11(16-6-2)8-7-9-13-12(14)10(3)4/h11H,3,5-9H2,1-2,4H3,(H,13,14). The summed E-state index contributed by atoms with van der Waals surface area (Å²) in [6, 6.07) is 0. The summed E-state index contributed by atoms with van der Waals surface area (Å²) in [5.74, 6) is -0.0932. The Kier molecular flexibility index (Phi) is 8.85. The molecule has 0 radical (unpaired) electrons. The van der Waals surface area contributed by atoms with Crippen molar-refractivity contribution < 1.29 is 14.3 Å². The average molecular weight is 229 g/mol. The predicted octanol–water partition coefficient (Wildman–Crippen LogP) is 1.86. The second kappa shape index (κ2) is 9.36. The van der Waals surface area contributed by atoms with E-state index in [1.165, 1.54) is 0 Å². The third-order valence-corrected chi connectivity index (χ3v) is 1.99. The molecule has 0 saturated carbocycles. The van der Waals surface area contributed by atoms with E-state index in [1.54, 1.807) is 6.92 Å². The second-order valence-corrected chi connectivity index (χ2v) is 3.52. The van der Waals surface area contributed by atoms with Gasteiger partial charge in [-0.1, -0.05) is 6.58 Å². The molecule has 0 aliphatic carbocycles. The van der Waals surface area contributed by atoms with Crippen molar-refractivity contribution in [1.82, 2.24) is 5.32 Å². The maximum Gasteiger partial charge on any atom is 0.246 e. The highest BCUT2D eigenvalue weighted by Crippen LogP contribution is 2.03. The van der Waals surface area contributed by atoms with E-state index in [0.29, 0.717) is 25.3 Å². The van der Waals surface area contributed by atoms with Crippen molar-refractivity contribution in [2.75, 3.05) is 19.8 Å². The quantitative estimate of drug-likeness (QED) is 0.373. The molecule has 0 aromatic rings. The molecule has 0 spiro atoms. The van der Waals surface area contributed by atoms with E-state index in [9.17, 15) is 4.79 Å². The number of carbonyl (C=O) groups excluding carboxylic acids is 1. The van der Waals surface area contributed by atoms with Crippen LogP contribution in [0, 0.1) is 0 Å². The number of nitrogens with one attached hydrogen (secondary N) is 1. The number of rotatable bonds is 9. The first kappa shape index (κ1) is 15.1. The van der Waals surface area contributed by atoms with Crippen molar-refractivity contribution >= 4 is 5.91 Å². The van der Waals surface area contributed by atoms with E-state index in [2.05, 4.69) is 11.9 Å². The van der Waals surface area contributed by atoms with Crippen LogP contribution < -0.4 is 5.32 Å². The summed E-state index contributed by atoms with van der Waals surface area (Å²) in [6.45, 7) is 11.0. The summed E-state index contributed by atoms with van der Waals surface area (Å²) >= 11 is 0. The predicted molar refractivity (Wildman–Crippen MR) is 64.1 cm³/mol. The lowest BCUT2D eigenvalue weighted by molar-refractivity contribution is -0.140. The minimum atomic E-state index is -0.156. The van der Waals surface area contributed by atoms with Gasteiger partial charge < -0.3 is 14.8 Å². The summed E-state index contributed by atoms with van der Waals surface area (Å²) in [5, 5.41) is 2.77. The molecule has 0 fully saturated rings. The summed E-state index contributed by atoms with van der Waals surface area (Å²) < 4.78 is 10.8. The van der Waals surface area contributed by atoms with Crippen LogP contribution >= 0.6 is 0 Å². The van der Waals surface area contributed by atoms with Crippen LogP contribution in [0.2, 0.25) is 0 Å². The molecule has 1 N–H and O–H groups in total. The van der Waals surface area contributed by atoms with Crippen molar-refractivity contribution in [2.45, 2.75) is 39.9 Å². The first-order valence-corrected chi connectivity index (χ1v) is 5.78. The molecular formula is C12H23NO3. The van der Waals surface area contributed by atoms with E-state index >= 15 is 0 Å². The fourth-order valence-corrected chi connectivity index (χ4v) is 1.21. The molecule has 4 nitrogen and oxygen atoms in total. The highest BCUT2D eigenvalue weighted by atomic mass is 16.7. The van der Waals surface area contributed by atoms with Gasteiger partial charge in [0.1, 0.15) is 0 Å². The first-order valence-electron chi connectivity index (χ1n) is 5.78. The van der Waals surface area contributed by atoms with Gasteiger partial charge in [0.05, 0.1) is 0 Å². The molecule has 16 heavy (non-hydrogen) atoms. The molecule has 1 amide bonds. The molecule has 0 aliphatic rings. The SMILES string of the molecule is C=C(C)C(=O)NCCCC(OCC)OCC. The highest BCUT2D eigenvalue weighted by Gasteiger charge is 2.07. The fraction of sp³-hybridized carbons (Fsp3) is 0.750. The average Bonchev–Trinajstić information content (AvgIpc) is 2.24. The van der Waals surface area contributed by atoms with Crippen molar-refractivity contribution in [3.05, 3.63) is 12.2 Å². The van der Waals surface area contributed by atoms with Gasteiger partial charge in [-0.2, -0.15) is 0 Å². The zero-order chi connectivity index (χ0) is 12.4. The molecule has 0 aromatic carbocycles. The molecule has 0 bridgehead atoms. The second-order valence-electron chi connectivity index (χ2n) is 3.52. The Morgan fingerprint density at radius 2 is 1.88 bits per heavy atom. The lowest BCUT2D eigenvalue weighted by atomic mass is 10.2. The van der Waals surface area contributed by atoms with Gasteiger partial charge in [0.2, 0.25) is 5.91 Å². The minimum Gasteiger partial charge on any atom is -0.353 e. The van der Waals surface area contributed by atoms with E-state index in [1.807, 2.05) is 13.8 Å². The van der Waals surface area contributed by atoms with Crippen LogP contribution in [-0.2, 0) is 14.3 Å². The Hall–Kier alpha value is -0.870. The van der Waals surface area contributed by atoms with Gasteiger partial charge in [-0.3, -0.25) is 4.79 Å². The van der Waals surface area contributed by atoms with Crippen LogP contribution in [0.25, 0.3) is 0 Å². The van der Waals surface area contributed by atoms with Crippen LogP contribution in [-0.4, -0.2) is 32.0 Å². The minimum absolute atomic E-state index is 0.0932. The number of hydrogen-bond donors (Lipinski definition) is 1. The molecule has 0 rings (SSSR count). The third-order valence-electron chi connectivity index (χ3n) is 1.99. The largest absolute Gasteiger partial charge is 0.353 e. The van der Waals surface area contributed by atoms with Crippen LogP contribution in [0.3, 0.4) is 0 Å². The molecule has 0 aromatic heterocycles. The molecule has 0 saturated heterocycles. The van der Waals surface area contributed by atoms with Gasteiger partial charge in [-0.05, 0) is 27.2 Å². The van der Waals surface area contributed by atoms with Gasteiger partial charge >= 0.3 is 0 Å². The molecule has 0 atom stereocenters. The number of carbonyl (C=O) groups is 1. The molecule has 4 heteroatoms. The highest BCUT2D eigenvalue weighted by molar-refractivity contribution is 5.91. The van der Waals surface area contributed by atoms with E-state index in [4.69, 9.17) is 9.47 Å². The number of ether oxygens (including phenoxy) is 2. The molecule has 0 aliphatic heterocycles. The normalized spacial score (nSPS) is 10.5. The van der Waals surface area contributed by atoms with Gasteiger partial charge in [0.25, 0.3) is 0 Å². The lowest BCUT2D eigenvalue weighted by Crippen LogP contribution is -2.26. The number of amides is 1. The van der Waals surface area contributed by atoms with Crippen LogP contribution in [0.5, 0.6) is 0 Å². The molecular weight excluding hydrogens is 206 g/mol. The van der Waals surface area contributed by atoms with E-state index in [-0.39, 0.29) is 12.2 Å². The lowest BCUT2D eigenvalue weighted by Gasteiger charge is -2.16. The topological polar surface area (TPSA) is 47.6 Å². The summed E-state index contributed by atoms with van der Waals surface area (Å²) in [7, 11) is 0. The fourth-order valence-electron chi connectivity index (χ4n) is 1.21. The van der Waals surface area contributed by atoms with Crippen molar-refractivity contribution in [3.63, 3.8) is 0 Å². The third kappa shape index (κ3) is 7.43. The van der Waals surface area contributed by atoms with Gasteiger partial charge in [0.15, 0.2) is 6.29 Å². The van der Waals surface area contributed by atoms with Gasteiger partial charge in [-0.25, -0.2) is 0 Å². The van der Waals surface area contributed by atoms with E-state index in [0.717, 1.165) is 12.8 Å². The molecule has 0 unspecified atom stereocenters. The Morgan fingerprint density at radius 3 is 2.31 bits per heavy atom. The maximum absolute atomic E-state index is 11.2. The molecule has 94 valence electrons. The smallest absolute Gasteiger partial charge is 0.246 e. The molecule has 0 heterocycles. The van der Waals surface area contributed by atoms with Gasteiger partial charge in [0, 0.05) is 31.8 Å². The Balaban J connectivity index is 3.61. The Morgan fingerprint density at radius 1 is 1.31 bits per heavy atom. The van der Waals surface area contributed by atoms with Crippen molar-refractivity contribution in [3.8, 4) is 0 Å². The van der Waals surface area contributed by atoms with Crippen molar-refractivity contribution in [1.29, 1.82) is 0 Å². The van der Waals surface area contributed by atoms with E-state index < -0.39 is 0 Å². The maximum atomic E-state index is 11.2. The van der Waals surface area contributed by atoms with Crippen molar-refractivity contribution in [2.24, 2.45) is 0 Å². The van der Waals surface area contributed by atoms with Crippen LogP contribution in [0.4, 0.5) is 0 Å². The Labute approximate surface area is 98.0 Å². The first-order chi connectivity index (χ1) is 7.61. The summed E-state index contributed by atoms with van der Waals surface area (Å²) in [6.07, 6.45) is 1.47.